The molecule has 1 aliphatic carbocycles. The van der Waals surface area contributed by atoms with Gasteiger partial charge in [0.15, 0.2) is 0 Å². The van der Waals surface area contributed by atoms with Crippen LogP contribution in [0, 0.1) is 6.92 Å². The maximum Gasteiger partial charge on any atom is 0.243 e. The second-order valence-electron chi connectivity index (χ2n) is 8.19. The maximum atomic E-state index is 13.5. The van der Waals surface area contributed by atoms with Crippen LogP contribution in [-0.4, -0.2) is 38.3 Å². The number of para-hydroxylation sites is 1. The molecule has 1 atom stereocenters. The molecule has 1 saturated carbocycles. The Morgan fingerprint density at radius 2 is 1.74 bits per heavy atom. The minimum Gasteiger partial charge on any atom is -0.496 e. The molecule has 1 N–H and O–H groups in total. The molecule has 6 nitrogen and oxygen atoms in total. The highest BCUT2D eigenvalue weighted by atomic mass is 32.2. The molecular formula is C24H32N2O4S. The van der Waals surface area contributed by atoms with E-state index in [-0.39, 0.29) is 29.4 Å². The van der Waals surface area contributed by atoms with Crippen molar-refractivity contribution in [2.75, 3.05) is 13.7 Å². The summed E-state index contributed by atoms with van der Waals surface area (Å²) in [7, 11) is -2.19. The summed E-state index contributed by atoms with van der Waals surface area (Å²) < 4.78 is 33.7. The largest absolute Gasteiger partial charge is 0.496 e. The Balaban J connectivity index is 1.81. The first-order chi connectivity index (χ1) is 14.8. The molecule has 0 heterocycles. The molecule has 0 unspecified atom stereocenters. The van der Waals surface area contributed by atoms with E-state index >= 15 is 0 Å². The van der Waals surface area contributed by atoms with Crippen molar-refractivity contribution in [3.05, 3.63) is 59.7 Å². The topological polar surface area (TPSA) is 75.7 Å². The molecule has 0 aromatic heterocycles. The van der Waals surface area contributed by atoms with Crippen LogP contribution in [0.5, 0.6) is 5.75 Å². The zero-order valence-corrected chi connectivity index (χ0v) is 19.3. The molecule has 0 saturated heterocycles. The monoisotopic (exact) mass is 444 g/mol. The predicted octanol–water partition coefficient (Wildman–Crippen LogP) is 4.20. The first-order valence-corrected chi connectivity index (χ1v) is 12.3. The molecular weight excluding hydrogens is 412 g/mol. The summed E-state index contributed by atoms with van der Waals surface area (Å²) in [5, 5.41) is 2.95. The van der Waals surface area contributed by atoms with Gasteiger partial charge >= 0.3 is 0 Å². The summed E-state index contributed by atoms with van der Waals surface area (Å²) in [4.78, 5) is 13.2. The lowest BCUT2D eigenvalue weighted by atomic mass is 9.95. The molecule has 31 heavy (non-hydrogen) atoms. The van der Waals surface area contributed by atoms with Gasteiger partial charge in [-0.15, -0.1) is 0 Å². The van der Waals surface area contributed by atoms with Crippen LogP contribution < -0.4 is 10.1 Å². The van der Waals surface area contributed by atoms with E-state index in [0.717, 1.165) is 43.2 Å². The fraction of sp³-hybridized carbons (Fsp3) is 0.458. The zero-order valence-electron chi connectivity index (χ0n) is 18.5. The SMILES string of the molecule is COc1ccccc1[C@H](C)NC(=O)CN(C1CCCCC1)S(=O)(=O)c1ccc(C)cc1. The molecule has 2 aromatic carbocycles. The van der Waals surface area contributed by atoms with E-state index in [1.807, 2.05) is 38.1 Å². The summed E-state index contributed by atoms with van der Waals surface area (Å²) in [5.41, 5.74) is 1.84. The summed E-state index contributed by atoms with van der Waals surface area (Å²) in [6.07, 6.45) is 4.61. The number of methoxy groups -OCH3 is 1. The molecule has 2 aromatic rings. The molecule has 1 amide bonds. The zero-order chi connectivity index (χ0) is 22.4. The van der Waals surface area contributed by atoms with Gasteiger partial charge in [-0.25, -0.2) is 8.42 Å². The van der Waals surface area contributed by atoms with Crippen molar-refractivity contribution in [3.63, 3.8) is 0 Å². The normalized spacial score (nSPS) is 16.1. The quantitative estimate of drug-likeness (QED) is 0.662. The Kier molecular flexibility index (Phi) is 7.73. The molecule has 0 aliphatic heterocycles. The van der Waals surface area contributed by atoms with Crippen molar-refractivity contribution in [1.82, 2.24) is 9.62 Å². The van der Waals surface area contributed by atoms with Crippen molar-refractivity contribution in [1.29, 1.82) is 0 Å². The Labute approximate surface area is 185 Å². The highest BCUT2D eigenvalue weighted by Crippen LogP contribution is 2.28. The van der Waals surface area contributed by atoms with Crippen LogP contribution in [0.4, 0.5) is 0 Å². The number of nitrogens with one attached hydrogen (secondary N) is 1. The van der Waals surface area contributed by atoms with Crippen LogP contribution in [0.2, 0.25) is 0 Å². The van der Waals surface area contributed by atoms with Crippen LogP contribution >= 0.6 is 0 Å². The first-order valence-electron chi connectivity index (χ1n) is 10.8. The summed E-state index contributed by atoms with van der Waals surface area (Å²) in [6.45, 7) is 3.59. The fourth-order valence-electron chi connectivity index (χ4n) is 4.16. The van der Waals surface area contributed by atoms with Gasteiger partial charge in [0.2, 0.25) is 15.9 Å². The molecule has 7 heteroatoms. The van der Waals surface area contributed by atoms with Crippen LogP contribution in [0.15, 0.2) is 53.4 Å². The molecule has 0 radical (unpaired) electrons. The number of benzene rings is 2. The summed E-state index contributed by atoms with van der Waals surface area (Å²) >= 11 is 0. The van der Waals surface area contributed by atoms with E-state index in [1.54, 1.807) is 31.4 Å². The second-order valence-corrected chi connectivity index (χ2v) is 10.1. The van der Waals surface area contributed by atoms with Crippen LogP contribution in [0.1, 0.15) is 56.2 Å². The third-order valence-electron chi connectivity index (χ3n) is 5.89. The van der Waals surface area contributed by atoms with Gasteiger partial charge in [-0.2, -0.15) is 4.31 Å². The lowest BCUT2D eigenvalue weighted by Gasteiger charge is -2.33. The first kappa shape index (κ1) is 23.3. The average molecular weight is 445 g/mol. The maximum absolute atomic E-state index is 13.5. The van der Waals surface area contributed by atoms with Crippen LogP contribution in [-0.2, 0) is 14.8 Å². The molecule has 0 spiro atoms. The molecule has 0 bridgehead atoms. The third kappa shape index (κ3) is 5.66. The van der Waals surface area contributed by atoms with Crippen molar-refractivity contribution in [2.45, 2.75) is 62.9 Å². The van der Waals surface area contributed by atoms with Gasteiger partial charge < -0.3 is 10.1 Å². The van der Waals surface area contributed by atoms with Gasteiger partial charge in [0, 0.05) is 11.6 Å². The lowest BCUT2D eigenvalue weighted by Crippen LogP contribution is -2.47. The predicted molar refractivity (Wildman–Crippen MR) is 121 cm³/mol. The number of carbonyl (C=O) groups excluding carboxylic acids is 1. The minimum absolute atomic E-state index is 0.160. The van der Waals surface area contributed by atoms with Gasteiger partial charge in [0.05, 0.1) is 24.6 Å². The van der Waals surface area contributed by atoms with Crippen molar-refractivity contribution in [3.8, 4) is 5.75 Å². The number of rotatable bonds is 8. The summed E-state index contributed by atoms with van der Waals surface area (Å²) in [5.74, 6) is 0.367. The van der Waals surface area contributed by atoms with E-state index in [1.165, 1.54) is 4.31 Å². The Bertz CT molecular complexity index is 983. The molecule has 3 rings (SSSR count). The number of carbonyl (C=O) groups is 1. The van der Waals surface area contributed by atoms with Crippen LogP contribution in [0.25, 0.3) is 0 Å². The molecule has 1 fully saturated rings. The number of hydrogen-bond acceptors (Lipinski definition) is 4. The van der Waals surface area contributed by atoms with E-state index in [0.29, 0.717) is 5.75 Å². The number of amides is 1. The molecule has 1 aliphatic rings. The van der Waals surface area contributed by atoms with Crippen LogP contribution in [0.3, 0.4) is 0 Å². The number of ether oxygens (including phenoxy) is 1. The highest BCUT2D eigenvalue weighted by Gasteiger charge is 2.34. The smallest absolute Gasteiger partial charge is 0.243 e. The third-order valence-corrected chi connectivity index (χ3v) is 7.80. The van der Waals surface area contributed by atoms with Crippen molar-refractivity contribution in [2.24, 2.45) is 0 Å². The standard InChI is InChI=1S/C24H32N2O4S/c1-18-13-15-21(16-14-18)31(28,29)26(20-9-5-4-6-10-20)17-24(27)25-19(2)22-11-7-8-12-23(22)30-3/h7-8,11-16,19-20H,4-6,9-10,17H2,1-3H3,(H,25,27)/t19-/m0/s1. The summed E-state index contributed by atoms with van der Waals surface area (Å²) in [6, 6.07) is 13.8. The van der Waals surface area contributed by atoms with Gasteiger partial charge in [0.25, 0.3) is 0 Å². The Morgan fingerprint density at radius 1 is 1.10 bits per heavy atom. The second kappa shape index (κ2) is 10.3. The fourth-order valence-corrected chi connectivity index (χ4v) is 5.80. The number of hydrogen-bond donors (Lipinski definition) is 1. The number of sulfonamides is 1. The Hall–Kier alpha value is -2.38. The van der Waals surface area contributed by atoms with Gasteiger partial charge in [-0.3, -0.25) is 4.79 Å². The average Bonchev–Trinajstić information content (AvgIpc) is 2.78. The van der Waals surface area contributed by atoms with Crippen molar-refractivity contribution < 1.29 is 17.9 Å². The minimum atomic E-state index is -3.78. The highest BCUT2D eigenvalue weighted by molar-refractivity contribution is 7.89. The number of aryl methyl sites for hydroxylation is 1. The van der Waals surface area contributed by atoms with E-state index in [9.17, 15) is 13.2 Å². The van der Waals surface area contributed by atoms with Gasteiger partial charge in [-0.1, -0.05) is 55.2 Å². The number of nitrogens with zero attached hydrogens (tertiary/aromatic N) is 1. The Morgan fingerprint density at radius 3 is 2.39 bits per heavy atom. The van der Waals surface area contributed by atoms with Gasteiger partial charge in [-0.05, 0) is 44.9 Å². The van der Waals surface area contributed by atoms with E-state index in [2.05, 4.69) is 5.32 Å². The van der Waals surface area contributed by atoms with E-state index in [4.69, 9.17) is 4.74 Å². The van der Waals surface area contributed by atoms with Gasteiger partial charge in [0.1, 0.15) is 5.75 Å². The lowest BCUT2D eigenvalue weighted by molar-refractivity contribution is -0.122. The van der Waals surface area contributed by atoms with E-state index < -0.39 is 10.0 Å². The van der Waals surface area contributed by atoms with Crippen molar-refractivity contribution >= 4 is 15.9 Å². The molecule has 168 valence electrons.